The minimum absolute atomic E-state index is 0.0227. The summed E-state index contributed by atoms with van der Waals surface area (Å²) in [5, 5.41) is 94.6. The lowest BCUT2D eigenvalue weighted by Gasteiger charge is -2.32. The van der Waals surface area contributed by atoms with Gasteiger partial charge in [0.2, 0.25) is 112 Å². The Labute approximate surface area is 753 Å². The maximum absolute atomic E-state index is 14.5. The number of hydrogen-bond acceptors (Lipinski definition) is 28. The number of hydrogen-bond donors (Lipinski definition) is 16. The van der Waals surface area contributed by atoms with Gasteiger partial charge in [0.15, 0.2) is 0 Å². The molecule has 20 atom stereocenters. The third-order valence-electron chi connectivity index (χ3n) is 27.8. The number of likely N-dealkylation sites (tertiary alicyclic amines) is 12. The van der Waals surface area contributed by atoms with Crippen LogP contribution in [0.2, 0.25) is 0 Å². The summed E-state index contributed by atoms with van der Waals surface area (Å²) in [5.41, 5.74) is 5.79. The van der Waals surface area contributed by atoms with Crippen LogP contribution >= 0.6 is 0 Å². The van der Waals surface area contributed by atoms with E-state index in [2.05, 4.69) is 42.5 Å². The summed E-state index contributed by atoms with van der Waals surface area (Å²) in [7, 11) is 0. The first-order valence-corrected chi connectivity index (χ1v) is 45.9. The fourth-order valence-electron chi connectivity index (χ4n) is 21.1. The number of nitrogens with two attached hydrogens (primary N) is 1. The molecular weight excluding hydrogens is 1720 g/mol. The topological polar surface area (TPSA) is 644 Å². The first-order chi connectivity index (χ1) is 62.6. The van der Waals surface area contributed by atoms with Crippen molar-refractivity contribution >= 4 is 118 Å². The summed E-state index contributed by atoms with van der Waals surface area (Å²) >= 11 is 0. The van der Waals surface area contributed by atoms with E-state index < -0.39 is 273 Å². The molecule has 0 radical (unpaired) electrons. The fraction of sp³-hybridized carbons (Fsp3) is 0.759. The Bertz CT molecular complexity index is 4390. The third-order valence-corrected chi connectivity index (χ3v) is 27.8. The molecule has 722 valence electrons. The molecule has 13 aliphatic rings. The number of unbranched alkanes of at least 4 members (excludes halogenated alkanes) is 1. The lowest BCUT2D eigenvalue weighted by atomic mass is 10.1. The molecule has 19 amide bonds. The minimum atomic E-state index is -1.34. The van der Waals surface area contributed by atoms with Crippen LogP contribution in [0, 0.1) is 0 Å². The molecule has 13 aliphatic heterocycles. The molecule has 17 N–H and O–H groups in total. The number of amides is 19. The maximum atomic E-state index is 14.5. The van der Waals surface area contributed by atoms with Crippen molar-refractivity contribution in [2.45, 2.75) is 269 Å². The SMILES string of the molecule is NCCCC[C@H](NC(=O)[C@@H]1CCCN1C(=O)CNC(=O)[C@@H]1C[C@@H](O)CN1C(=O)[C@@H]1CCCN1C(=O)CNC(=O)[C@@H]1C[C@@H](O)CN1C(=O)[C@@H]1CCCN1)C(=O)NCC(=O)N1CCC[C@H]1C(=O)N1C[C@H](O)C[C@H]1C(=O)NCC(=O)N1CCC[C@H]1C(=O)N1C[C@H](O)C[C@H]1C(=O)NCC(=O)N1CCC[C@H]1C(=O)N1C[C@H](O)C[C@H]1C(=O)NCC(=O)N1CCC[C@H]1C(=O)N1C[C@H](O)C[C@H]1C(=O)O. The van der Waals surface area contributed by atoms with Crippen molar-refractivity contribution in [3.8, 4) is 0 Å². The molecule has 48 nitrogen and oxygen atoms in total. The largest absolute Gasteiger partial charge is 0.480 e. The lowest BCUT2D eigenvalue weighted by molar-refractivity contribution is -0.151. The van der Waals surface area contributed by atoms with Crippen LogP contribution in [0.5, 0.6) is 0 Å². The number of aliphatic hydroxyl groups is 6. The van der Waals surface area contributed by atoms with Gasteiger partial charge >= 0.3 is 5.97 Å². The number of aliphatic hydroxyl groups excluding tert-OH is 6. The molecule has 131 heavy (non-hydrogen) atoms. The molecule has 0 unspecified atom stereocenters. The van der Waals surface area contributed by atoms with Crippen LogP contribution in [-0.4, -0.2) is 465 Å². The monoisotopic (exact) mass is 1850 g/mol. The zero-order valence-electron chi connectivity index (χ0n) is 73.2. The van der Waals surface area contributed by atoms with Gasteiger partial charge in [0.05, 0.1) is 81.9 Å². The number of carboxylic acid groups (broad SMARTS) is 1. The van der Waals surface area contributed by atoms with E-state index in [1.807, 2.05) is 0 Å². The Hall–Kier alpha value is -10.9. The smallest absolute Gasteiger partial charge is 0.326 e. The second-order valence-corrected chi connectivity index (χ2v) is 36.5. The van der Waals surface area contributed by atoms with E-state index in [0.717, 1.165) is 30.9 Å². The Morgan fingerprint density at radius 3 is 0.809 bits per heavy atom. The van der Waals surface area contributed by atoms with Crippen LogP contribution in [-0.2, 0) is 95.9 Å². The zero-order chi connectivity index (χ0) is 94.1. The number of carbonyl (C=O) groups is 20. The highest BCUT2D eigenvalue weighted by molar-refractivity contribution is 6.02. The van der Waals surface area contributed by atoms with E-state index in [1.165, 1.54) is 34.3 Å². The molecule has 48 heteroatoms. The molecule has 0 aromatic heterocycles. The van der Waals surface area contributed by atoms with Gasteiger partial charge in [-0.3, -0.25) is 91.1 Å². The van der Waals surface area contributed by atoms with Gasteiger partial charge in [-0.15, -0.1) is 0 Å². The predicted molar refractivity (Wildman–Crippen MR) is 447 cm³/mol. The quantitative estimate of drug-likeness (QED) is 0.0287. The Balaban J connectivity index is 0.540. The van der Waals surface area contributed by atoms with Crippen molar-refractivity contribution < 1.29 is 132 Å². The highest BCUT2D eigenvalue weighted by Gasteiger charge is 2.53. The van der Waals surface area contributed by atoms with Crippen LogP contribution in [0.1, 0.15) is 148 Å². The number of carbonyl (C=O) groups excluding carboxylic acids is 19. The lowest BCUT2D eigenvalue weighted by Crippen LogP contribution is -2.57. The molecule has 0 bridgehead atoms. The molecule has 13 rings (SSSR count). The van der Waals surface area contributed by atoms with Crippen molar-refractivity contribution in [1.29, 1.82) is 0 Å². The molecule has 13 fully saturated rings. The molecule has 13 heterocycles. The summed E-state index contributed by atoms with van der Waals surface area (Å²) < 4.78 is 0. The molecule has 0 saturated carbocycles. The van der Waals surface area contributed by atoms with Gasteiger partial charge in [0.25, 0.3) is 0 Å². The fourth-order valence-corrected chi connectivity index (χ4v) is 21.1. The number of rotatable bonds is 31. The normalized spacial score (nSPS) is 30.2. The average Bonchev–Trinajstić information content (AvgIpc) is 1.73. The predicted octanol–water partition coefficient (Wildman–Crippen LogP) is -12.1. The van der Waals surface area contributed by atoms with Crippen molar-refractivity contribution in [3.05, 3.63) is 0 Å². The van der Waals surface area contributed by atoms with Gasteiger partial charge in [-0.25, -0.2) is 4.79 Å². The third kappa shape index (κ3) is 22.2. The van der Waals surface area contributed by atoms with Crippen LogP contribution in [0.15, 0.2) is 0 Å². The molecule has 0 aromatic rings. The second-order valence-electron chi connectivity index (χ2n) is 36.5. The van der Waals surface area contributed by atoms with E-state index in [9.17, 15) is 132 Å². The van der Waals surface area contributed by atoms with Crippen LogP contribution in [0.3, 0.4) is 0 Å². The van der Waals surface area contributed by atoms with E-state index in [1.54, 1.807) is 0 Å². The van der Waals surface area contributed by atoms with Gasteiger partial charge < -0.3 is 143 Å². The van der Waals surface area contributed by atoms with Crippen molar-refractivity contribution in [2.24, 2.45) is 5.73 Å². The van der Waals surface area contributed by atoms with Gasteiger partial charge in [-0.2, -0.15) is 0 Å². The van der Waals surface area contributed by atoms with Crippen LogP contribution < -0.4 is 48.3 Å². The minimum Gasteiger partial charge on any atom is -0.480 e. The number of aliphatic carboxylic acids is 1. The van der Waals surface area contributed by atoms with Crippen LogP contribution in [0.4, 0.5) is 0 Å². The molecule has 0 spiro atoms. The number of β-amino-alcohol motifs (C(OH)–C–C–N with tert-alkyl or cyclic N) is 6. The highest BCUT2D eigenvalue weighted by atomic mass is 16.4. The summed E-state index contributed by atoms with van der Waals surface area (Å²) in [5.74, 6) is -14.5. The first-order valence-electron chi connectivity index (χ1n) is 45.9. The maximum Gasteiger partial charge on any atom is 0.326 e. The highest BCUT2D eigenvalue weighted by Crippen LogP contribution is 2.34. The van der Waals surface area contributed by atoms with E-state index in [-0.39, 0.29) is 174 Å². The van der Waals surface area contributed by atoms with Crippen molar-refractivity contribution in [3.63, 3.8) is 0 Å². The van der Waals surface area contributed by atoms with Gasteiger partial charge in [0, 0.05) is 117 Å². The molecule has 0 aliphatic carbocycles. The Morgan fingerprint density at radius 1 is 0.290 bits per heavy atom. The summed E-state index contributed by atoms with van der Waals surface area (Å²) in [6.07, 6.45) is -2.57. The second kappa shape index (κ2) is 43.2. The van der Waals surface area contributed by atoms with Gasteiger partial charge in [-0.1, -0.05) is 0 Å². The number of nitrogens with one attached hydrogen (secondary N) is 8. The number of carboxylic acids is 1. The molecule has 0 aromatic carbocycles. The summed E-state index contributed by atoms with van der Waals surface area (Å²) in [6, 6.07) is -16.0. The number of nitrogens with zero attached hydrogens (tertiary/aromatic N) is 12. The zero-order valence-corrected chi connectivity index (χ0v) is 73.2. The Morgan fingerprint density at radius 2 is 0.542 bits per heavy atom. The van der Waals surface area contributed by atoms with E-state index in [4.69, 9.17) is 5.73 Å². The first kappa shape index (κ1) is 97.6. The van der Waals surface area contributed by atoms with E-state index >= 15 is 0 Å². The van der Waals surface area contributed by atoms with Crippen molar-refractivity contribution in [2.75, 3.05) is 131 Å². The van der Waals surface area contributed by atoms with Crippen molar-refractivity contribution in [1.82, 2.24) is 101 Å². The molecule has 13 saturated heterocycles. The van der Waals surface area contributed by atoms with E-state index in [0.29, 0.717) is 64.3 Å². The standard InChI is InChI=1S/C83H123N21O27/c84-18-2-1-10-50(92-76(123)52-12-4-20-93(52)64(111)33-87-72(119)59-27-45(106)39-100(59)79(126)54-14-6-22-95(54)66(113)34-88-71(118)58-26-44(105)38-99(58)77(124)51-11-3-19-85-51)70(117)86-32-65(112)94-21-5-13-53(94)78(125)101-40-46(107)28-60(101)73(120)89-35-67(114)96-23-7-15-55(96)80(127)102-41-47(108)29-61(102)74(121)90-36-68(115)97-24-8-16-56(97)81(128)103-42-48(109)30-62(103)75(122)91-37-69(116)98-25-9-17-57(98)82(129)104-43-49(110)31-63(104)83(130)131/h44-63,85,105-110H,1-43,84H2,(H,86,117)(H,87,119)(H,88,118)(H,89,120)(H,90,121)(H,91,122)(H,92,123)(H,130,131)/t44-,45-,46-,47-,48-,49-,50+,51+,52+,53+,54+,55+,56+,57+,58+,59+,60+,61+,62+,63+/m1/s1. The van der Waals surface area contributed by atoms with Gasteiger partial charge in [0.1, 0.15) is 78.5 Å². The average molecular weight is 1850 g/mol. The Kier molecular flexibility index (Phi) is 32.2. The van der Waals surface area contributed by atoms with Crippen LogP contribution in [0.25, 0.3) is 0 Å². The summed E-state index contributed by atoms with van der Waals surface area (Å²) in [6.45, 7) is -3.88. The molecular formula is C83H123N21O27. The summed E-state index contributed by atoms with van der Waals surface area (Å²) in [4.78, 5) is 291. The van der Waals surface area contributed by atoms with Gasteiger partial charge in [-0.05, 0) is 122 Å².